The van der Waals surface area contributed by atoms with Crippen molar-refractivity contribution in [3.05, 3.63) is 42.0 Å². The molecule has 1 heterocycles. The number of amides is 1. The molecule has 4 nitrogen and oxygen atoms in total. The molecule has 1 saturated carbocycles. The number of hydrogen-bond acceptors (Lipinski definition) is 3. The highest BCUT2D eigenvalue weighted by Gasteiger charge is 2.29. The molecule has 5 heteroatoms. The maximum absolute atomic E-state index is 13.1. The summed E-state index contributed by atoms with van der Waals surface area (Å²) in [6.07, 6.45) is 6.35. The van der Waals surface area contributed by atoms with Crippen LogP contribution < -0.4 is 4.90 Å². The van der Waals surface area contributed by atoms with Crippen molar-refractivity contribution < 1.29 is 14.7 Å². The Labute approximate surface area is 164 Å². The first kappa shape index (κ1) is 19.6. The zero-order chi connectivity index (χ0) is 19.4. The summed E-state index contributed by atoms with van der Waals surface area (Å²) in [7, 11) is 0. The summed E-state index contributed by atoms with van der Waals surface area (Å²) < 4.78 is 0. The van der Waals surface area contributed by atoms with E-state index in [1.54, 1.807) is 11.0 Å². The Hall–Kier alpha value is -2.14. The molecule has 0 aliphatic heterocycles. The maximum Gasteiger partial charge on any atom is 0.338 e. The van der Waals surface area contributed by atoms with Crippen molar-refractivity contribution in [1.29, 1.82) is 0 Å². The third kappa shape index (κ3) is 4.59. The SMILES string of the molecule is CC(C)N(C(=O)CC1CCCCC1)c1sc(-c2ccccc2)cc1C(=O)O. The highest BCUT2D eigenvalue weighted by molar-refractivity contribution is 7.20. The molecule has 0 bridgehead atoms. The fraction of sp³-hybridized carbons (Fsp3) is 0.455. The number of carboxylic acids is 1. The number of carbonyl (C=O) groups excluding carboxylic acids is 1. The van der Waals surface area contributed by atoms with Crippen molar-refractivity contribution in [3.8, 4) is 10.4 Å². The number of nitrogens with zero attached hydrogens (tertiary/aromatic N) is 1. The van der Waals surface area contributed by atoms with Gasteiger partial charge in [0.05, 0.1) is 5.56 Å². The third-order valence-corrected chi connectivity index (χ3v) is 6.38. The van der Waals surface area contributed by atoms with E-state index in [1.165, 1.54) is 30.6 Å². The number of hydrogen-bond donors (Lipinski definition) is 1. The Kier molecular flexibility index (Phi) is 6.32. The van der Waals surface area contributed by atoms with E-state index in [-0.39, 0.29) is 17.5 Å². The third-order valence-electron chi connectivity index (χ3n) is 5.19. The fourth-order valence-corrected chi connectivity index (χ4v) is 5.14. The molecule has 144 valence electrons. The van der Waals surface area contributed by atoms with Gasteiger partial charge >= 0.3 is 5.97 Å². The molecule has 1 aliphatic carbocycles. The Morgan fingerprint density at radius 2 is 1.81 bits per heavy atom. The van der Waals surface area contributed by atoms with E-state index in [0.717, 1.165) is 23.3 Å². The number of anilines is 1. The van der Waals surface area contributed by atoms with Gasteiger partial charge in [0.1, 0.15) is 5.00 Å². The summed E-state index contributed by atoms with van der Waals surface area (Å²) in [5, 5.41) is 10.3. The number of carbonyl (C=O) groups is 2. The van der Waals surface area contributed by atoms with Crippen molar-refractivity contribution in [1.82, 2.24) is 0 Å². The van der Waals surface area contributed by atoms with E-state index < -0.39 is 5.97 Å². The predicted octanol–water partition coefficient (Wildman–Crippen LogP) is 5.83. The minimum Gasteiger partial charge on any atom is -0.478 e. The van der Waals surface area contributed by atoms with Gasteiger partial charge in [-0.05, 0) is 44.2 Å². The predicted molar refractivity (Wildman–Crippen MR) is 111 cm³/mol. The molecule has 0 spiro atoms. The molecule has 1 aromatic heterocycles. The second kappa shape index (κ2) is 8.70. The van der Waals surface area contributed by atoms with Crippen LogP contribution in [-0.2, 0) is 4.79 Å². The first-order valence-corrected chi connectivity index (χ1v) is 10.5. The van der Waals surface area contributed by atoms with Gasteiger partial charge in [0.15, 0.2) is 0 Å². The largest absolute Gasteiger partial charge is 0.478 e. The summed E-state index contributed by atoms with van der Waals surface area (Å²) in [6.45, 7) is 3.90. The first-order chi connectivity index (χ1) is 13.0. The second-order valence-electron chi connectivity index (χ2n) is 7.57. The van der Waals surface area contributed by atoms with Crippen LogP contribution in [0.1, 0.15) is 62.7 Å². The van der Waals surface area contributed by atoms with Crippen LogP contribution in [0.15, 0.2) is 36.4 Å². The Balaban J connectivity index is 1.93. The van der Waals surface area contributed by atoms with Crippen LogP contribution >= 0.6 is 11.3 Å². The first-order valence-electron chi connectivity index (χ1n) is 9.72. The zero-order valence-corrected chi connectivity index (χ0v) is 16.8. The molecule has 0 atom stereocenters. The Morgan fingerprint density at radius 1 is 1.15 bits per heavy atom. The lowest BCUT2D eigenvalue weighted by Crippen LogP contribution is -2.38. The van der Waals surface area contributed by atoms with Gasteiger partial charge < -0.3 is 10.0 Å². The van der Waals surface area contributed by atoms with Gasteiger partial charge in [0.25, 0.3) is 0 Å². The van der Waals surface area contributed by atoms with E-state index in [4.69, 9.17) is 0 Å². The van der Waals surface area contributed by atoms with Crippen molar-refractivity contribution in [2.24, 2.45) is 5.92 Å². The van der Waals surface area contributed by atoms with Crippen molar-refractivity contribution >= 4 is 28.2 Å². The van der Waals surface area contributed by atoms with Gasteiger partial charge in [-0.1, -0.05) is 49.6 Å². The Bertz CT molecular complexity index is 791. The van der Waals surface area contributed by atoms with Crippen LogP contribution in [0.25, 0.3) is 10.4 Å². The molecule has 0 saturated heterocycles. The molecular formula is C22H27NO3S. The zero-order valence-electron chi connectivity index (χ0n) is 16.0. The van der Waals surface area contributed by atoms with Gasteiger partial charge in [-0.15, -0.1) is 11.3 Å². The van der Waals surface area contributed by atoms with Crippen molar-refractivity contribution in [3.63, 3.8) is 0 Å². The monoisotopic (exact) mass is 385 g/mol. The van der Waals surface area contributed by atoms with E-state index in [1.807, 2.05) is 44.2 Å². The standard InChI is InChI=1S/C22H27NO3S/c1-15(2)23(20(24)13-16-9-5-3-6-10-16)21-18(22(25)26)14-19(27-21)17-11-7-4-8-12-17/h4,7-8,11-12,14-16H,3,5-6,9-10,13H2,1-2H3,(H,25,26). The van der Waals surface area contributed by atoms with E-state index in [2.05, 4.69) is 0 Å². The van der Waals surface area contributed by atoms with Crippen LogP contribution in [0.4, 0.5) is 5.00 Å². The molecule has 1 amide bonds. The van der Waals surface area contributed by atoms with E-state index >= 15 is 0 Å². The fourth-order valence-electron chi connectivity index (χ4n) is 3.83. The number of aromatic carboxylic acids is 1. The molecule has 0 radical (unpaired) electrons. The quantitative estimate of drug-likeness (QED) is 0.681. The smallest absolute Gasteiger partial charge is 0.338 e. The maximum atomic E-state index is 13.1. The number of benzene rings is 1. The molecule has 1 aromatic carbocycles. The average molecular weight is 386 g/mol. The molecule has 1 aliphatic rings. The average Bonchev–Trinajstić information content (AvgIpc) is 3.08. The van der Waals surface area contributed by atoms with Gasteiger partial charge in [0.2, 0.25) is 5.91 Å². The lowest BCUT2D eigenvalue weighted by atomic mass is 9.86. The highest BCUT2D eigenvalue weighted by atomic mass is 32.1. The van der Waals surface area contributed by atoms with Crippen LogP contribution in [0.2, 0.25) is 0 Å². The molecule has 1 N–H and O–H groups in total. The van der Waals surface area contributed by atoms with E-state index in [0.29, 0.717) is 17.3 Å². The molecule has 27 heavy (non-hydrogen) atoms. The topological polar surface area (TPSA) is 57.6 Å². The van der Waals surface area contributed by atoms with Crippen LogP contribution in [-0.4, -0.2) is 23.0 Å². The highest BCUT2D eigenvalue weighted by Crippen LogP contribution is 2.39. The molecule has 2 aromatic rings. The van der Waals surface area contributed by atoms with Crippen LogP contribution in [0.5, 0.6) is 0 Å². The number of rotatable bonds is 6. The summed E-state index contributed by atoms with van der Waals surface area (Å²) in [4.78, 5) is 27.6. The minimum atomic E-state index is -0.987. The summed E-state index contributed by atoms with van der Waals surface area (Å²) in [6, 6.07) is 11.3. The number of carboxylic acid groups (broad SMARTS) is 1. The normalized spacial score (nSPS) is 15.1. The van der Waals surface area contributed by atoms with Crippen LogP contribution in [0.3, 0.4) is 0 Å². The van der Waals surface area contributed by atoms with Gasteiger partial charge in [-0.2, -0.15) is 0 Å². The molecular weight excluding hydrogens is 358 g/mol. The minimum absolute atomic E-state index is 0.0425. The van der Waals surface area contributed by atoms with Crippen molar-refractivity contribution in [2.45, 2.75) is 58.4 Å². The van der Waals surface area contributed by atoms with Gasteiger partial charge in [-0.25, -0.2) is 4.79 Å². The van der Waals surface area contributed by atoms with Crippen molar-refractivity contribution in [2.75, 3.05) is 4.90 Å². The van der Waals surface area contributed by atoms with Gasteiger partial charge in [-0.3, -0.25) is 4.79 Å². The van der Waals surface area contributed by atoms with Gasteiger partial charge in [0, 0.05) is 17.3 Å². The lowest BCUT2D eigenvalue weighted by molar-refractivity contribution is -0.120. The number of thiophene rings is 1. The summed E-state index contributed by atoms with van der Waals surface area (Å²) >= 11 is 1.39. The lowest BCUT2D eigenvalue weighted by Gasteiger charge is -2.29. The summed E-state index contributed by atoms with van der Waals surface area (Å²) in [5.41, 5.74) is 1.18. The molecule has 0 unspecified atom stereocenters. The second-order valence-corrected chi connectivity index (χ2v) is 8.60. The van der Waals surface area contributed by atoms with E-state index in [9.17, 15) is 14.7 Å². The van der Waals surface area contributed by atoms with Crippen LogP contribution in [0, 0.1) is 5.92 Å². The summed E-state index contributed by atoms with van der Waals surface area (Å²) in [5.74, 6) is -0.519. The molecule has 1 fully saturated rings. The molecule has 3 rings (SSSR count). The Morgan fingerprint density at radius 3 is 2.41 bits per heavy atom.